The minimum absolute atomic E-state index is 0.134. The second-order valence-corrected chi connectivity index (χ2v) is 5.05. The van der Waals surface area contributed by atoms with Crippen LogP contribution in [0.25, 0.3) is 0 Å². The van der Waals surface area contributed by atoms with Crippen LogP contribution in [0.1, 0.15) is 35.5 Å². The third-order valence-electron chi connectivity index (χ3n) is 2.63. The number of hydrogen-bond acceptors (Lipinski definition) is 4. The molecule has 0 radical (unpaired) electrons. The van der Waals surface area contributed by atoms with Crippen molar-refractivity contribution in [2.75, 3.05) is 7.11 Å². The van der Waals surface area contributed by atoms with Gasteiger partial charge in [-0.1, -0.05) is 40.1 Å². The Labute approximate surface area is 114 Å². The number of methoxy groups -OCH3 is 1. The number of nitrogens with zero attached hydrogens (tertiary/aromatic N) is 2. The van der Waals surface area contributed by atoms with Crippen molar-refractivity contribution < 1.29 is 9.26 Å². The summed E-state index contributed by atoms with van der Waals surface area (Å²) in [6.45, 7) is 2.06. The Balaban J connectivity index is 2.06. The van der Waals surface area contributed by atoms with Gasteiger partial charge in [0.25, 0.3) is 0 Å². The van der Waals surface area contributed by atoms with Crippen molar-refractivity contribution in [2.45, 2.75) is 24.6 Å². The van der Waals surface area contributed by atoms with E-state index in [1.165, 1.54) is 0 Å². The van der Waals surface area contributed by atoms with Crippen molar-refractivity contribution >= 4 is 15.9 Å². The maximum atomic E-state index is 5.20. The van der Waals surface area contributed by atoms with Crippen molar-refractivity contribution in [1.29, 1.82) is 0 Å². The molecule has 0 saturated heterocycles. The number of hydrogen-bond donors (Lipinski definition) is 0. The summed E-state index contributed by atoms with van der Waals surface area (Å²) in [5.74, 6) is 2.19. The van der Waals surface area contributed by atoms with Crippen molar-refractivity contribution in [2.24, 2.45) is 0 Å². The summed E-state index contributed by atoms with van der Waals surface area (Å²) in [5, 5.41) is 3.98. The van der Waals surface area contributed by atoms with E-state index in [-0.39, 0.29) is 4.83 Å². The van der Waals surface area contributed by atoms with Crippen molar-refractivity contribution in [3.05, 3.63) is 41.5 Å². The number of benzene rings is 1. The minimum Gasteiger partial charge on any atom is -0.497 e. The Morgan fingerprint density at radius 3 is 2.67 bits per heavy atom. The van der Waals surface area contributed by atoms with Gasteiger partial charge in [-0.2, -0.15) is 4.98 Å². The van der Waals surface area contributed by atoms with E-state index in [1.54, 1.807) is 7.11 Å². The van der Waals surface area contributed by atoms with E-state index in [2.05, 4.69) is 33.0 Å². The molecule has 1 unspecified atom stereocenters. The monoisotopic (exact) mass is 310 g/mol. The topological polar surface area (TPSA) is 48.2 Å². The van der Waals surface area contributed by atoms with Gasteiger partial charge in [0.15, 0.2) is 5.82 Å². The predicted octanol–water partition coefficient (Wildman–Crippen LogP) is 3.52. The molecule has 0 aliphatic heterocycles. The zero-order chi connectivity index (χ0) is 13.0. The number of aromatic nitrogens is 2. The molecule has 2 aromatic rings. The lowest BCUT2D eigenvalue weighted by Crippen LogP contribution is -1.93. The molecule has 0 saturated carbocycles. The predicted molar refractivity (Wildman–Crippen MR) is 72.1 cm³/mol. The molecule has 0 bridgehead atoms. The van der Waals surface area contributed by atoms with Crippen molar-refractivity contribution in [1.82, 2.24) is 10.1 Å². The lowest BCUT2D eigenvalue weighted by molar-refractivity contribution is 0.372. The molecular weight excluding hydrogens is 296 g/mol. The van der Waals surface area contributed by atoms with Crippen LogP contribution in [-0.4, -0.2) is 17.3 Å². The lowest BCUT2D eigenvalue weighted by Gasteiger charge is -2.00. The standard InChI is InChI=1S/C13H15BrN2O2/c1-3-11(14)13-15-12(16-18-13)8-9-4-6-10(17-2)7-5-9/h4-7,11H,3,8H2,1-2H3. The average molecular weight is 311 g/mol. The number of halogens is 1. The van der Waals surface area contributed by atoms with Crippen LogP contribution in [0.15, 0.2) is 28.8 Å². The normalized spacial score (nSPS) is 12.4. The van der Waals surface area contributed by atoms with Crippen LogP contribution < -0.4 is 4.74 Å². The molecule has 1 heterocycles. The highest BCUT2D eigenvalue weighted by Crippen LogP contribution is 2.24. The van der Waals surface area contributed by atoms with E-state index < -0.39 is 0 Å². The molecule has 1 aromatic carbocycles. The summed E-state index contributed by atoms with van der Waals surface area (Å²) in [5.41, 5.74) is 1.13. The van der Waals surface area contributed by atoms with Gasteiger partial charge in [0.2, 0.25) is 5.89 Å². The quantitative estimate of drug-likeness (QED) is 0.793. The second kappa shape index (κ2) is 6.00. The zero-order valence-electron chi connectivity index (χ0n) is 10.4. The van der Waals surface area contributed by atoms with E-state index in [9.17, 15) is 0 Å². The Morgan fingerprint density at radius 2 is 2.06 bits per heavy atom. The van der Waals surface area contributed by atoms with Gasteiger partial charge >= 0.3 is 0 Å². The molecule has 5 heteroatoms. The highest BCUT2D eigenvalue weighted by molar-refractivity contribution is 9.09. The van der Waals surface area contributed by atoms with Gasteiger partial charge in [0, 0.05) is 6.42 Å². The number of alkyl halides is 1. The number of rotatable bonds is 5. The van der Waals surface area contributed by atoms with E-state index in [0.717, 1.165) is 17.7 Å². The maximum absolute atomic E-state index is 5.20. The summed E-state index contributed by atoms with van der Waals surface area (Å²) < 4.78 is 10.3. The van der Waals surface area contributed by atoms with Gasteiger partial charge in [0.1, 0.15) is 5.75 Å². The zero-order valence-corrected chi connectivity index (χ0v) is 12.0. The SMILES string of the molecule is CCC(Br)c1nc(Cc2ccc(OC)cc2)no1. The summed E-state index contributed by atoms with van der Waals surface area (Å²) in [6, 6.07) is 7.85. The molecule has 0 N–H and O–H groups in total. The average Bonchev–Trinajstić information content (AvgIpc) is 2.87. The third-order valence-corrected chi connectivity index (χ3v) is 3.67. The van der Waals surface area contributed by atoms with E-state index in [4.69, 9.17) is 9.26 Å². The maximum Gasteiger partial charge on any atom is 0.240 e. The third kappa shape index (κ3) is 3.10. The van der Waals surface area contributed by atoms with Gasteiger partial charge < -0.3 is 9.26 Å². The fourth-order valence-corrected chi connectivity index (χ4v) is 1.75. The molecule has 4 nitrogen and oxygen atoms in total. The second-order valence-electron chi connectivity index (χ2n) is 3.95. The summed E-state index contributed by atoms with van der Waals surface area (Å²) >= 11 is 3.49. The first-order chi connectivity index (χ1) is 8.72. The summed E-state index contributed by atoms with van der Waals surface area (Å²) in [6.07, 6.45) is 1.58. The van der Waals surface area contributed by atoms with Gasteiger partial charge in [-0.3, -0.25) is 0 Å². The van der Waals surface area contributed by atoms with E-state index in [0.29, 0.717) is 18.1 Å². The van der Waals surface area contributed by atoms with Crippen LogP contribution in [0.2, 0.25) is 0 Å². The molecule has 0 spiro atoms. The Bertz CT molecular complexity index is 496. The molecule has 96 valence electrons. The summed E-state index contributed by atoms with van der Waals surface area (Å²) in [4.78, 5) is 4.50. The van der Waals surface area contributed by atoms with E-state index in [1.807, 2.05) is 24.3 Å². The molecule has 0 aliphatic carbocycles. The van der Waals surface area contributed by atoms with Crippen molar-refractivity contribution in [3.63, 3.8) is 0 Å². The molecule has 0 amide bonds. The molecule has 1 aromatic heterocycles. The fraction of sp³-hybridized carbons (Fsp3) is 0.385. The molecule has 2 rings (SSSR count). The highest BCUT2D eigenvalue weighted by Gasteiger charge is 2.13. The Hall–Kier alpha value is -1.36. The first-order valence-corrected chi connectivity index (χ1v) is 6.74. The van der Waals surface area contributed by atoms with Crippen LogP contribution in [0.5, 0.6) is 5.75 Å². The van der Waals surface area contributed by atoms with Gasteiger partial charge in [-0.25, -0.2) is 0 Å². The van der Waals surface area contributed by atoms with Crippen LogP contribution in [0, 0.1) is 0 Å². The molecule has 1 atom stereocenters. The first kappa shape index (κ1) is 13.1. The van der Waals surface area contributed by atoms with Crippen LogP contribution in [0.3, 0.4) is 0 Å². The molecule has 18 heavy (non-hydrogen) atoms. The van der Waals surface area contributed by atoms with Gasteiger partial charge in [-0.15, -0.1) is 0 Å². The highest BCUT2D eigenvalue weighted by atomic mass is 79.9. The largest absolute Gasteiger partial charge is 0.497 e. The fourth-order valence-electron chi connectivity index (χ4n) is 1.57. The van der Waals surface area contributed by atoms with Crippen LogP contribution in [-0.2, 0) is 6.42 Å². The van der Waals surface area contributed by atoms with Crippen LogP contribution >= 0.6 is 15.9 Å². The van der Waals surface area contributed by atoms with Gasteiger partial charge in [0.05, 0.1) is 11.9 Å². The Morgan fingerprint density at radius 1 is 1.33 bits per heavy atom. The molecular formula is C13H15BrN2O2. The van der Waals surface area contributed by atoms with Crippen molar-refractivity contribution in [3.8, 4) is 5.75 Å². The molecule has 0 aliphatic rings. The summed E-state index contributed by atoms with van der Waals surface area (Å²) in [7, 11) is 1.65. The lowest BCUT2D eigenvalue weighted by atomic mass is 10.1. The molecule has 0 fully saturated rings. The minimum atomic E-state index is 0.134. The smallest absolute Gasteiger partial charge is 0.240 e. The van der Waals surface area contributed by atoms with Gasteiger partial charge in [-0.05, 0) is 24.1 Å². The first-order valence-electron chi connectivity index (χ1n) is 5.82. The van der Waals surface area contributed by atoms with E-state index >= 15 is 0 Å². The number of ether oxygens (including phenoxy) is 1. The van der Waals surface area contributed by atoms with Crippen LogP contribution in [0.4, 0.5) is 0 Å². The Kier molecular flexibility index (Phi) is 4.36.